The predicted molar refractivity (Wildman–Crippen MR) is 124 cm³/mol. The average molecular weight is 399 g/mol. The molecule has 4 aromatic rings. The zero-order valence-corrected chi connectivity index (χ0v) is 17.9. The van der Waals surface area contributed by atoms with Crippen LogP contribution in [-0.4, -0.2) is 16.2 Å². The van der Waals surface area contributed by atoms with Crippen LogP contribution in [0.3, 0.4) is 0 Å². The highest BCUT2D eigenvalue weighted by Gasteiger charge is 2.11. The van der Waals surface area contributed by atoms with Crippen LogP contribution >= 0.6 is 0 Å². The molecule has 0 unspecified atom stereocenters. The van der Waals surface area contributed by atoms with Crippen LogP contribution in [0.4, 0.5) is 0 Å². The molecule has 0 bridgehead atoms. The van der Waals surface area contributed by atoms with Crippen molar-refractivity contribution < 1.29 is 4.74 Å². The zero-order chi connectivity index (χ0) is 20.8. The first-order valence-electron chi connectivity index (χ1n) is 10.9. The number of benzene rings is 3. The molecule has 0 aliphatic carbocycles. The molecule has 0 amide bonds. The molecule has 0 saturated heterocycles. The molecule has 154 valence electrons. The van der Waals surface area contributed by atoms with Crippen LogP contribution in [0.5, 0.6) is 5.75 Å². The number of fused-ring (bicyclic) bond motifs is 1. The molecule has 0 aliphatic rings. The molecule has 0 N–H and O–H groups in total. The number of rotatable bonds is 9. The van der Waals surface area contributed by atoms with E-state index in [0.717, 1.165) is 49.5 Å². The fourth-order valence-corrected chi connectivity index (χ4v) is 3.80. The molecule has 0 radical (unpaired) electrons. The third kappa shape index (κ3) is 4.91. The van der Waals surface area contributed by atoms with Crippen molar-refractivity contribution in [1.29, 1.82) is 0 Å². The second-order valence-corrected chi connectivity index (χ2v) is 8.11. The molecule has 0 aliphatic heterocycles. The summed E-state index contributed by atoms with van der Waals surface area (Å²) in [5.41, 5.74) is 4.93. The summed E-state index contributed by atoms with van der Waals surface area (Å²) in [6.07, 6.45) is 2.93. The first kappa shape index (κ1) is 20.2. The summed E-state index contributed by atoms with van der Waals surface area (Å²) in [6.45, 7) is 6.11. The Morgan fingerprint density at radius 3 is 2.33 bits per heavy atom. The number of hydrogen-bond acceptors (Lipinski definition) is 2. The quantitative estimate of drug-likeness (QED) is 0.297. The van der Waals surface area contributed by atoms with E-state index < -0.39 is 0 Å². The third-order valence-corrected chi connectivity index (χ3v) is 5.53. The summed E-state index contributed by atoms with van der Waals surface area (Å²) in [5, 5.41) is 0. The Kier molecular flexibility index (Phi) is 6.48. The predicted octanol–water partition coefficient (Wildman–Crippen LogP) is 6.61. The van der Waals surface area contributed by atoms with Gasteiger partial charge >= 0.3 is 0 Å². The molecule has 0 saturated carbocycles. The van der Waals surface area contributed by atoms with E-state index >= 15 is 0 Å². The molecule has 3 aromatic carbocycles. The molecule has 1 aromatic heterocycles. The van der Waals surface area contributed by atoms with Crippen LogP contribution in [0.2, 0.25) is 0 Å². The van der Waals surface area contributed by atoms with E-state index in [9.17, 15) is 0 Å². The number of aryl methyl sites for hydroxylation is 1. The molecule has 0 atom stereocenters. The second kappa shape index (κ2) is 9.62. The summed E-state index contributed by atoms with van der Waals surface area (Å²) >= 11 is 0. The molecular formula is C27H30N2O. The van der Waals surface area contributed by atoms with Crippen molar-refractivity contribution in [2.24, 2.45) is 0 Å². The molecule has 1 heterocycles. The summed E-state index contributed by atoms with van der Waals surface area (Å²) < 4.78 is 8.32. The van der Waals surface area contributed by atoms with Crippen molar-refractivity contribution in [3.05, 3.63) is 95.8 Å². The number of unbranched alkanes of at least 4 members (excludes halogenated alkanes) is 1. The van der Waals surface area contributed by atoms with Crippen molar-refractivity contribution in [3.8, 4) is 5.75 Å². The highest BCUT2D eigenvalue weighted by Crippen LogP contribution is 2.21. The van der Waals surface area contributed by atoms with E-state index in [1.54, 1.807) is 0 Å². The van der Waals surface area contributed by atoms with Gasteiger partial charge in [0.1, 0.15) is 11.6 Å². The number of nitrogens with zero attached hydrogens (tertiary/aromatic N) is 2. The Bertz CT molecular complexity index is 1070. The second-order valence-electron chi connectivity index (χ2n) is 8.11. The summed E-state index contributed by atoms with van der Waals surface area (Å²) in [7, 11) is 0. The fraction of sp³-hybridized carbons (Fsp3) is 0.296. The Morgan fingerprint density at radius 1 is 0.833 bits per heavy atom. The van der Waals surface area contributed by atoms with E-state index in [0.29, 0.717) is 5.92 Å². The maximum atomic E-state index is 5.95. The van der Waals surface area contributed by atoms with Gasteiger partial charge in [0.05, 0.1) is 17.6 Å². The van der Waals surface area contributed by atoms with Crippen molar-refractivity contribution >= 4 is 11.0 Å². The standard InChI is InChI=1S/C27H30N2O/c1-21(2)23-14-16-24(17-15-23)30-19-9-8-18-29-26-13-7-6-12-25(26)28-27(29)20-22-10-4-3-5-11-22/h3-7,10-17,21H,8-9,18-20H2,1-2H3. The molecule has 3 heteroatoms. The monoisotopic (exact) mass is 398 g/mol. The first-order valence-corrected chi connectivity index (χ1v) is 10.9. The summed E-state index contributed by atoms with van der Waals surface area (Å²) in [6, 6.07) is 27.5. The Labute approximate surface area is 179 Å². The number of ether oxygens (including phenoxy) is 1. The molecule has 0 fully saturated rings. The number of para-hydroxylation sites is 2. The lowest BCUT2D eigenvalue weighted by molar-refractivity contribution is 0.303. The highest BCUT2D eigenvalue weighted by molar-refractivity contribution is 5.76. The van der Waals surface area contributed by atoms with E-state index in [-0.39, 0.29) is 0 Å². The van der Waals surface area contributed by atoms with Gasteiger partial charge in [-0.05, 0) is 54.2 Å². The largest absolute Gasteiger partial charge is 0.494 e. The van der Waals surface area contributed by atoms with Crippen LogP contribution < -0.4 is 4.74 Å². The summed E-state index contributed by atoms with van der Waals surface area (Å²) in [4.78, 5) is 4.91. The molecule has 0 spiro atoms. The van der Waals surface area contributed by atoms with Gasteiger partial charge in [0.25, 0.3) is 0 Å². The maximum absolute atomic E-state index is 5.95. The van der Waals surface area contributed by atoms with E-state index in [4.69, 9.17) is 9.72 Å². The van der Waals surface area contributed by atoms with Crippen molar-refractivity contribution in [2.45, 2.75) is 45.6 Å². The van der Waals surface area contributed by atoms with Gasteiger partial charge in [-0.3, -0.25) is 0 Å². The SMILES string of the molecule is CC(C)c1ccc(OCCCCn2c(Cc3ccccc3)nc3ccccc32)cc1. The lowest BCUT2D eigenvalue weighted by Gasteiger charge is -2.11. The van der Waals surface area contributed by atoms with Crippen LogP contribution in [0.25, 0.3) is 11.0 Å². The summed E-state index contributed by atoms with van der Waals surface area (Å²) in [5.74, 6) is 2.64. The first-order chi connectivity index (χ1) is 14.7. The Hall–Kier alpha value is -3.07. The number of aromatic nitrogens is 2. The zero-order valence-electron chi connectivity index (χ0n) is 17.9. The van der Waals surface area contributed by atoms with Gasteiger partial charge in [-0.1, -0.05) is 68.4 Å². The number of hydrogen-bond donors (Lipinski definition) is 0. The highest BCUT2D eigenvalue weighted by atomic mass is 16.5. The van der Waals surface area contributed by atoms with Crippen molar-refractivity contribution in [1.82, 2.24) is 9.55 Å². The smallest absolute Gasteiger partial charge is 0.119 e. The Balaban J connectivity index is 1.36. The van der Waals surface area contributed by atoms with Crippen molar-refractivity contribution in [3.63, 3.8) is 0 Å². The van der Waals surface area contributed by atoms with Gasteiger partial charge in [-0.25, -0.2) is 4.98 Å². The van der Waals surface area contributed by atoms with Crippen LogP contribution in [-0.2, 0) is 13.0 Å². The van der Waals surface area contributed by atoms with Crippen molar-refractivity contribution in [2.75, 3.05) is 6.61 Å². The van der Waals surface area contributed by atoms with Gasteiger partial charge in [0.15, 0.2) is 0 Å². The lowest BCUT2D eigenvalue weighted by Crippen LogP contribution is -2.07. The normalized spacial score (nSPS) is 11.3. The molecular weight excluding hydrogens is 368 g/mol. The topological polar surface area (TPSA) is 27.1 Å². The van der Waals surface area contributed by atoms with Crippen LogP contribution in [0.1, 0.15) is 49.6 Å². The number of imidazole rings is 1. The van der Waals surface area contributed by atoms with Gasteiger partial charge < -0.3 is 9.30 Å². The van der Waals surface area contributed by atoms with Gasteiger partial charge in [-0.2, -0.15) is 0 Å². The molecule has 3 nitrogen and oxygen atoms in total. The van der Waals surface area contributed by atoms with Gasteiger partial charge in [0.2, 0.25) is 0 Å². The minimum Gasteiger partial charge on any atom is -0.494 e. The van der Waals surface area contributed by atoms with Gasteiger partial charge in [0, 0.05) is 13.0 Å². The van der Waals surface area contributed by atoms with E-state index in [1.807, 2.05) is 0 Å². The molecule has 30 heavy (non-hydrogen) atoms. The molecule has 4 rings (SSSR count). The Morgan fingerprint density at radius 2 is 1.57 bits per heavy atom. The minimum absolute atomic E-state index is 0.550. The average Bonchev–Trinajstić information content (AvgIpc) is 3.11. The fourth-order valence-electron chi connectivity index (χ4n) is 3.80. The van der Waals surface area contributed by atoms with E-state index in [2.05, 4.69) is 97.3 Å². The minimum atomic E-state index is 0.550. The van der Waals surface area contributed by atoms with Crippen LogP contribution in [0.15, 0.2) is 78.9 Å². The van der Waals surface area contributed by atoms with Gasteiger partial charge in [-0.15, -0.1) is 0 Å². The lowest BCUT2D eigenvalue weighted by atomic mass is 10.0. The maximum Gasteiger partial charge on any atom is 0.119 e. The third-order valence-electron chi connectivity index (χ3n) is 5.53. The van der Waals surface area contributed by atoms with Crippen LogP contribution in [0, 0.1) is 0 Å². The van der Waals surface area contributed by atoms with E-state index in [1.165, 1.54) is 16.6 Å².